The van der Waals surface area contributed by atoms with E-state index in [9.17, 15) is 13.2 Å². The van der Waals surface area contributed by atoms with Gasteiger partial charge in [0.15, 0.2) is 11.5 Å². The normalized spacial score (nSPS) is 12.9. The summed E-state index contributed by atoms with van der Waals surface area (Å²) in [6.45, 7) is 4.53. The van der Waals surface area contributed by atoms with Gasteiger partial charge in [-0.1, -0.05) is 12.1 Å². The maximum Gasteiger partial charge on any atom is 0.240 e. The molecule has 2 aromatic rings. The third-order valence-electron chi connectivity index (χ3n) is 4.48. The molecule has 1 amide bonds. The van der Waals surface area contributed by atoms with E-state index in [2.05, 4.69) is 5.32 Å². The lowest BCUT2D eigenvalue weighted by molar-refractivity contribution is -0.119. The van der Waals surface area contributed by atoms with Gasteiger partial charge in [-0.05, 0) is 43.7 Å². The maximum absolute atomic E-state index is 12.6. The summed E-state index contributed by atoms with van der Waals surface area (Å²) in [4.78, 5) is 12.4. The number of rotatable bonds is 9. The Labute approximate surface area is 176 Å². The van der Waals surface area contributed by atoms with Crippen molar-refractivity contribution in [2.24, 2.45) is 0 Å². The number of amides is 1. The molecule has 0 aliphatic carbocycles. The van der Waals surface area contributed by atoms with Gasteiger partial charge in [0.1, 0.15) is 32.1 Å². The molecule has 9 heteroatoms. The largest absolute Gasteiger partial charge is 0.492 e. The van der Waals surface area contributed by atoms with Crippen LogP contribution in [0.1, 0.15) is 12.5 Å². The SMILES string of the molecule is CCS(=O)(=O)N(CC(=O)NCCOc1cccc(C)c1)c1ccc2c(c1)OCCO2. The first-order chi connectivity index (χ1) is 14.4. The van der Waals surface area contributed by atoms with Crippen molar-refractivity contribution < 1.29 is 27.4 Å². The standard InChI is InChI=1S/C21H26N2O6S/c1-3-30(25,26)23(17-7-8-19-20(14-17)29-12-11-28-19)15-21(24)22-9-10-27-18-6-4-5-16(2)13-18/h4-8,13-14H,3,9-12,15H2,1-2H3,(H,22,24). The number of ether oxygens (including phenoxy) is 3. The van der Waals surface area contributed by atoms with Crippen LogP contribution in [-0.4, -0.2) is 53.0 Å². The van der Waals surface area contributed by atoms with Crippen molar-refractivity contribution in [2.45, 2.75) is 13.8 Å². The highest BCUT2D eigenvalue weighted by molar-refractivity contribution is 7.92. The van der Waals surface area contributed by atoms with Gasteiger partial charge in [-0.15, -0.1) is 0 Å². The summed E-state index contributed by atoms with van der Waals surface area (Å²) < 4.78 is 42.9. The van der Waals surface area contributed by atoms with E-state index < -0.39 is 15.9 Å². The minimum Gasteiger partial charge on any atom is -0.492 e. The highest BCUT2D eigenvalue weighted by atomic mass is 32.2. The molecule has 1 heterocycles. The van der Waals surface area contributed by atoms with Crippen LogP contribution < -0.4 is 23.8 Å². The lowest BCUT2D eigenvalue weighted by atomic mass is 10.2. The first-order valence-electron chi connectivity index (χ1n) is 9.75. The van der Waals surface area contributed by atoms with E-state index in [0.29, 0.717) is 30.4 Å². The molecule has 30 heavy (non-hydrogen) atoms. The van der Waals surface area contributed by atoms with Crippen LogP contribution in [0.4, 0.5) is 5.69 Å². The topological polar surface area (TPSA) is 94.2 Å². The fraction of sp³-hybridized carbons (Fsp3) is 0.381. The minimum absolute atomic E-state index is 0.134. The lowest BCUT2D eigenvalue weighted by Crippen LogP contribution is -2.42. The second kappa shape index (κ2) is 9.71. The smallest absolute Gasteiger partial charge is 0.240 e. The second-order valence-electron chi connectivity index (χ2n) is 6.75. The number of hydrogen-bond acceptors (Lipinski definition) is 6. The van der Waals surface area contributed by atoms with E-state index in [0.717, 1.165) is 15.6 Å². The molecule has 0 fully saturated rings. The number of nitrogens with one attached hydrogen (secondary N) is 1. The van der Waals surface area contributed by atoms with Crippen LogP contribution in [0.5, 0.6) is 17.2 Å². The highest BCUT2D eigenvalue weighted by Gasteiger charge is 2.25. The Bertz CT molecular complexity index is 993. The third-order valence-corrected chi connectivity index (χ3v) is 6.23. The molecule has 0 spiro atoms. The van der Waals surface area contributed by atoms with E-state index in [-0.39, 0.29) is 25.4 Å². The molecular weight excluding hydrogens is 408 g/mol. The molecule has 162 valence electrons. The molecule has 1 aliphatic rings. The monoisotopic (exact) mass is 434 g/mol. The van der Waals surface area contributed by atoms with Crippen molar-refractivity contribution in [3.63, 3.8) is 0 Å². The number of benzene rings is 2. The molecule has 1 aliphatic heterocycles. The highest BCUT2D eigenvalue weighted by Crippen LogP contribution is 2.34. The van der Waals surface area contributed by atoms with Gasteiger partial charge in [-0.3, -0.25) is 9.10 Å². The zero-order valence-electron chi connectivity index (χ0n) is 17.1. The quantitative estimate of drug-likeness (QED) is 0.608. The van der Waals surface area contributed by atoms with Gasteiger partial charge in [0.05, 0.1) is 18.0 Å². The predicted molar refractivity (Wildman–Crippen MR) is 114 cm³/mol. The van der Waals surface area contributed by atoms with E-state index in [1.54, 1.807) is 18.2 Å². The number of aryl methyl sites for hydroxylation is 1. The van der Waals surface area contributed by atoms with Crippen molar-refractivity contribution in [3.8, 4) is 17.2 Å². The first kappa shape index (κ1) is 21.8. The second-order valence-corrected chi connectivity index (χ2v) is 8.93. The summed E-state index contributed by atoms with van der Waals surface area (Å²) >= 11 is 0. The molecular formula is C21H26N2O6S. The van der Waals surface area contributed by atoms with Crippen molar-refractivity contribution in [2.75, 3.05) is 43.0 Å². The molecule has 0 unspecified atom stereocenters. The Morgan fingerprint density at radius 2 is 1.90 bits per heavy atom. The molecule has 3 rings (SSSR count). The van der Waals surface area contributed by atoms with Gasteiger partial charge in [-0.2, -0.15) is 0 Å². The summed E-state index contributed by atoms with van der Waals surface area (Å²) in [5, 5.41) is 2.70. The van der Waals surface area contributed by atoms with Gasteiger partial charge in [0.25, 0.3) is 0 Å². The number of carbonyl (C=O) groups is 1. The molecule has 0 atom stereocenters. The van der Waals surface area contributed by atoms with Gasteiger partial charge < -0.3 is 19.5 Å². The van der Waals surface area contributed by atoms with E-state index in [4.69, 9.17) is 14.2 Å². The number of sulfonamides is 1. The molecule has 2 aromatic carbocycles. The molecule has 8 nitrogen and oxygen atoms in total. The van der Waals surface area contributed by atoms with Crippen LogP contribution in [-0.2, 0) is 14.8 Å². The molecule has 0 saturated heterocycles. The summed E-state index contributed by atoms with van der Waals surface area (Å²) in [5.41, 5.74) is 1.43. The number of nitrogens with zero attached hydrogens (tertiary/aromatic N) is 1. The maximum atomic E-state index is 12.6. The van der Waals surface area contributed by atoms with Crippen LogP contribution in [0.3, 0.4) is 0 Å². The van der Waals surface area contributed by atoms with Crippen LogP contribution in [0.2, 0.25) is 0 Å². The van der Waals surface area contributed by atoms with Crippen molar-refractivity contribution in [3.05, 3.63) is 48.0 Å². The summed E-state index contributed by atoms with van der Waals surface area (Å²) in [5.74, 6) is 1.18. The Balaban J connectivity index is 1.61. The van der Waals surface area contributed by atoms with Crippen molar-refractivity contribution >= 4 is 21.6 Å². The molecule has 0 radical (unpaired) electrons. The van der Waals surface area contributed by atoms with Crippen molar-refractivity contribution in [1.29, 1.82) is 0 Å². The van der Waals surface area contributed by atoms with Gasteiger partial charge in [-0.25, -0.2) is 8.42 Å². The Morgan fingerprint density at radius 1 is 1.13 bits per heavy atom. The van der Waals surface area contributed by atoms with Crippen LogP contribution in [0, 0.1) is 6.92 Å². The number of hydrogen-bond donors (Lipinski definition) is 1. The van der Waals surface area contributed by atoms with Gasteiger partial charge >= 0.3 is 0 Å². The number of carbonyl (C=O) groups excluding carboxylic acids is 1. The van der Waals surface area contributed by atoms with Crippen molar-refractivity contribution in [1.82, 2.24) is 5.32 Å². The first-order valence-corrected chi connectivity index (χ1v) is 11.4. The summed E-state index contributed by atoms with van der Waals surface area (Å²) in [6.07, 6.45) is 0. The molecule has 0 aromatic heterocycles. The molecule has 0 saturated carbocycles. The average molecular weight is 435 g/mol. The molecule has 1 N–H and O–H groups in total. The molecule has 0 bridgehead atoms. The lowest BCUT2D eigenvalue weighted by Gasteiger charge is -2.25. The zero-order valence-corrected chi connectivity index (χ0v) is 17.9. The van der Waals surface area contributed by atoms with Gasteiger partial charge in [0, 0.05) is 6.07 Å². The number of anilines is 1. The average Bonchev–Trinajstić information content (AvgIpc) is 2.74. The van der Waals surface area contributed by atoms with E-state index >= 15 is 0 Å². The van der Waals surface area contributed by atoms with Gasteiger partial charge in [0.2, 0.25) is 15.9 Å². The number of fused-ring (bicyclic) bond motifs is 1. The Morgan fingerprint density at radius 3 is 2.63 bits per heavy atom. The fourth-order valence-electron chi connectivity index (χ4n) is 2.94. The zero-order chi connectivity index (χ0) is 21.6. The Kier molecular flexibility index (Phi) is 7.04. The Hall–Kier alpha value is -2.94. The van der Waals surface area contributed by atoms with E-state index in [1.165, 1.54) is 6.92 Å². The van der Waals surface area contributed by atoms with Crippen LogP contribution >= 0.6 is 0 Å². The van der Waals surface area contributed by atoms with E-state index in [1.807, 2.05) is 31.2 Å². The fourth-order valence-corrected chi connectivity index (χ4v) is 4.00. The van der Waals surface area contributed by atoms with Crippen LogP contribution in [0.15, 0.2) is 42.5 Å². The minimum atomic E-state index is -3.67. The summed E-state index contributed by atoms with van der Waals surface area (Å²) in [7, 11) is -3.67. The third kappa shape index (κ3) is 5.56. The van der Waals surface area contributed by atoms with Crippen LogP contribution in [0.25, 0.3) is 0 Å². The summed E-state index contributed by atoms with van der Waals surface area (Å²) in [6, 6.07) is 12.4. The predicted octanol–water partition coefficient (Wildman–Crippen LogP) is 2.12.